The van der Waals surface area contributed by atoms with Gasteiger partial charge in [0.1, 0.15) is 0 Å². The summed E-state index contributed by atoms with van der Waals surface area (Å²) >= 11 is 0. The van der Waals surface area contributed by atoms with E-state index in [0.717, 1.165) is 5.69 Å². The van der Waals surface area contributed by atoms with Gasteiger partial charge in [-0.15, -0.1) is 0 Å². The second-order valence-corrected chi connectivity index (χ2v) is 3.73. The van der Waals surface area contributed by atoms with Gasteiger partial charge in [0.15, 0.2) is 5.69 Å². The number of isocyanates is 1. The van der Waals surface area contributed by atoms with E-state index in [2.05, 4.69) is 4.99 Å². The minimum atomic E-state index is -0.570. The van der Waals surface area contributed by atoms with Crippen molar-refractivity contribution in [3.05, 3.63) is 28.3 Å². The number of hydrogen-bond donors (Lipinski definition) is 0. The van der Waals surface area contributed by atoms with Gasteiger partial charge in [0.2, 0.25) is 6.08 Å². The molecule has 1 aromatic carbocycles. The summed E-state index contributed by atoms with van der Waals surface area (Å²) in [7, 11) is 0. The van der Waals surface area contributed by atoms with Crippen LogP contribution in [-0.4, -0.2) is 37.3 Å². The number of morpholine rings is 1. The molecule has 0 unspecified atom stereocenters. The van der Waals surface area contributed by atoms with E-state index in [-0.39, 0.29) is 11.4 Å². The number of nitrogens with zero attached hydrogens (tertiary/aromatic N) is 3. The van der Waals surface area contributed by atoms with Crippen molar-refractivity contribution >= 4 is 23.1 Å². The summed E-state index contributed by atoms with van der Waals surface area (Å²) in [6.45, 7) is 2.65. The van der Waals surface area contributed by atoms with Crippen molar-refractivity contribution in [3.8, 4) is 0 Å². The third-order valence-electron chi connectivity index (χ3n) is 2.70. The van der Waals surface area contributed by atoms with Gasteiger partial charge in [-0.1, -0.05) is 0 Å². The van der Waals surface area contributed by atoms with E-state index < -0.39 is 4.92 Å². The predicted molar refractivity (Wildman–Crippen MR) is 63.9 cm³/mol. The van der Waals surface area contributed by atoms with E-state index >= 15 is 0 Å². The maximum atomic E-state index is 10.8. The first-order valence-electron chi connectivity index (χ1n) is 5.41. The van der Waals surface area contributed by atoms with Gasteiger partial charge in [-0.25, -0.2) is 4.79 Å². The van der Waals surface area contributed by atoms with E-state index in [4.69, 9.17) is 4.74 Å². The Hall–Kier alpha value is -2.24. The summed E-state index contributed by atoms with van der Waals surface area (Å²) in [5.41, 5.74) is 0.618. The molecule has 0 aromatic heterocycles. The zero-order chi connectivity index (χ0) is 13.0. The lowest BCUT2D eigenvalue weighted by molar-refractivity contribution is -0.384. The molecule has 0 bridgehead atoms. The van der Waals surface area contributed by atoms with Crippen LogP contribution >= 0.6 is 0 Å². The maximum Gasteiger partial charge on any atom is 0.295 e. The van der Waals surface area contributed by atoms with Gasteiger partial charge in [-0.05, 0) is 12.1 Å². The van der Waals surface area contributed by atoms with E-state index in [1.54, 1.807) is 6.07 Å². The van der Waals surface area contributed by atoms with Crippen LogP contribution < -0.4 is 4.90 Å². The Bertz CT molecular complexity index is 505. The monoisotopic (exact) mass is 249 g/mol. The number of nitro groups is 1. The van der Waals surface area contributed by atoms with Crippen molar-refractivity contribution in [1.29, 1.82) is 0 Å². The number of carbonyl (C=O) groups excluding carboxylic acids is 1. The highest BCUT2D eigenvalue weighted by molar-refractivity contribution is 5.68. The Morgan fingerprint density at radius 3 is 2.72 bits per heavy atom. The van der Waals surface area contributed by atoms with Crippen LogP contribution in [0.3, 0.4) is 0 Å². The summed E-state index contributed by atoms with van der Waals surface area (Å²) in [6.07, 6.45) is 1.34. The highest BCUT2D eigenvalue weighted by Gasteiger charge is 2.17. The van der Waals surface area contributed by atoms with Crippen LogP contribution in [0.25, 0.3) is 0 Å². The Labute approximate surface area is 103 Å². The second kappa shape index (κ2) is 5.39. The fraction of sp³-hybridized carbons (Fsp3) is 0.364. The van der Waals surface area contributed by atoms with Crippen LogP contribution in [0.4, 0.5) is 17.1 Å². The molecule has 1 heterocycles. The zero-order valence-corrected chi connectivity index (χ0v) is 9.54. The Balaban J connectivity index is 2.35. The lowest BCUT2D eigenvalue weighted by Crippen LogP contribution is -2.36. The van der Waals surface area contributed by atoms with Crippen LogP contribution in [-0.2, 0) is 9.53 Å². The smallest absolute Gasteiger partial charge is 0.295 e. The van der Waals surface area contributed by atoms with E-state index in [1.807, 2.05) is 4.90 Å². The third-order valence-corrected chi connectivity index (χ3v) is 2.70. The van der Waals surface area contributed by atoms with Crippen molar-refractivity contribution in [2.75, 3.05) is 31.2 Å². The van der Waals surface area contributed by atoms with Crippen molar-refractivity contribution in [2.24, 2.45) is 4.99 Å². The molecule has 0 amide bonds. The van der Waals surface area contributed by atoms with Crippen LogP contribution in [0, 0.1) is 10.1 Å². The Kier molecular flexibility index (Phi) is 3.66. The van der Waals surface area contributed by atoms with Crippen molar-refractivity contribution in [2.45, 2.75) is 0 Å². The molecule has 0 aliphatic carbocycles. The van der Waals surface area contributed by atoms with E-state index in [0.29, 0.717) is 26.3 Å². The van der Waals surface area contributed by atoms with Crippen molar-refractivity contribution in [1.82, 2.24) is 0 Å². The summed E-state index contributed by atoms with van der Waals surface area (Å²) < 4.78 is 5.23. The molecule has 7 nitrogen and oxygen atoms in total. The molecule has 0 radical (unpaired) electrons. The van der Waals surface area contributed by atoms with Gasteiger partial charge >= 0.3 is 0 Å². The first-order chi connectivity index (χ1) is 8.72. The molecule has 1 fully saturated rings. The van der Waals surface area contributed by atoms with Crippen molar-refractivity contribution in [3.63, 3.8) is 0 Å². The van der Waals surface area contributed by atoms with Crippen LogP contribution in [0.15, 0.2) is 23.2 Å². The first-order valence-corrected chi connectivity index (χ1v) is 5.41. The molecule has 2 rings (SSSR count). The second-order valence-electron chi connectivity index (χ2n) is 3.73. The molecule has 18 heavy (non-hydrogen) atoms. The number of rotatable bonds is 3. The topological polar surface area (TPSA) is 85.0 Å². The number of anilines is 1. The number of ether oxygens (including phenoxy) is 1. The normalized spacial score (nSPS) is 15.0. The van der Waals surface area contributed by atoms with Gasteiger partial charge < -0.3 is 9.64 Å². The SMILES string of the molecule is O=C=Nc1cc(N2CCOCC2)ccc1[N+](=O)[O-]. The van der Waals surface area contributed by atoms with Gasteiger partial charge in [0.05, 0.1) is 18.1 Å². The molecule has 7 heteroatoms. The molecule has 94 valence electrons. The minimum absolute atomic E-state index is 0.0268. The van der Waals surface area contributed by atoms with Crippen molar-refractivity contribution < 1.29 is 14.5 Å². The minimum Gasteiger partial charge on any atom is -0.378 e. The summed E-state index contributed by atoms with van der Waals surface area (Å²) in [5, 5.41) is 10.8. The molecule has 0 saturated carbocycles. The molecule has 1 aromatic rings. The maximum absolute atomic E-state index is 10.8. The van der Waals surface area contributed by atoms with Gasteiger partial charge in [-0.2, -0.15) is 4.99 Å². The first kappa shape index (κ1) is 12.2. The van der Waals surface area contributed by atoms with Crippen LogP contribution in [0.2, 0.25) is 0 Å². The fourth-order valence-electron chi connectivity index (χ4n) is 1.82. The third kappa shape index (κ3) is 2.53. The lowest BCUT2D eigenvalue weighted by atomic mass is 10.2. The quantitative estimate of drug-likeness (QED) is 0.350. The summed E-state index contributed by atoms with van der Waals surface area (Å²) in [5.74, 6) is 0. The molecule has 0 spiro atoms. The standard InChI is InChI=1S/C11H11N3O4/c15-8-12-10-7-9(1-2-11(10)14(16)17)13-3-5-18-6-4-13/h1-2,7H,3-6H2. The Morgan fingerprint density at radius 1 is 1.39 bits per heavy atom. The largest absolute Gasteiger partial charge is 0.378 e. The molecule has 1 aliphatic heterocycles. The number of nitro benzene ring substituents is 1. The summed E-state index contributed by atoms with van der Waals surface area (Å²) in [4.78, 5) is 25.9. The van der Waals surface area contributed by atoms with Crippen LogP contribution in [0.5, 0.6) is 0 Å². The fourth-order valence-corrected chi connectivity index (χ4v) is 1.82. The molecule has 0 N–H and O–H groups in total. The zero-order valence-electron chi connectivity index (χ0n) is 9.54. The average molecular weight is 249 g/mol. The number of benzene rings is 1. The number of aliphatic imine (C=N–C) groups is 1. The molecule has 1 saturated heterocycles. The van der Waals surface area contributed by atoms with E-state index in [1.165, 1.54) is 18.2 Å². The molecular weight excluding hydrogens is 238 g/mol. The lowest BCUT2D eigenvalue weighted by Gasteiger charge is -2.28. The number of hydrogen-bond acceptors (Lipinski definition) is 6. The summed E-state index contributed by atoms with van der Waals surface area (Å²) in [6, 6.07) is 4.52. The predicted octanol–water partition coefficient (Wildman–Crippen LogP) is 1.40. The molecular formula is C11H11N3O4. The van der Waals surface area contributed by atoms with Crippen LogP contribution in [0.1, 0.15) is 0 Å². The average Bonchev–Trinajstić information content (AvgIpc) is 2.40. The van der Waals surface area contributed by atoms with Gasteiger partial charge in [-0.3, -0.25) is 10.1 Å². The Morgan fingerprint density at radius 2 is 2.11 bits per heavy atom. The van der Waals surface area contributed by atoms with Gasteiger partial charge in [0, 0.05) is 24.8 Å². The highest BCUT2D eigenvalue weighted by Crippen LogP contribution is 2.31. The molecule has 1 aliphatic rings. The molecule has 0 atom stereocenters. The van der Waals surface area contributed by atoms with E-state index in [9.17, 15) is 14.9 Å². The highest BCUT2D eigenvalue weighted by atomic mass is 16.6. The van der Waals surface area contributed by atoms with Gasteiger partial charge in [0.25, 0.3) is 5.69 Å².